The van der Waals surface area contributed by atoms with E-state index in [4.69, 9.17) is 14.6 Å². The lowest BCUT2D eigenvalue weighted by molar-refractivity contribution is -0.147. The van der Waals surface area contributed by atoms with E-state index in [1.54, 1.807) is 19.9 Å². The summed E-state index contributed by atoms with van der Waals surface area (Å²) in [5, 5.41) is 18.5. The molecule has 5 heteroatoms. The minimum absolute atomic E-state index is 0.262. The van der Waals surface area contributed by atoms with E-state index in [-0.39, 0.29) is 5.56 Å². The summed E-state index contributed by atoms with van der Waals surface area (Å²) in [6.07, 6.45) is -1.60. The van der Waals surface area contributed by atoms with Gasteiger partial charge in [-0.2, -0.15) is 0 Å². The molecule has 0 saturated carbocycles. The summed E-state index contributed by atoms with van der Waals surface area (Å²) in [5.74, 6) is -0.367. The van der Waals surface area contributed by atoms with Crippen LogP contribution in [-0.2, 0) is 4.79 Å². The number of hydrogen-bond acceptors (Lipinski definition) is 4. The monoisotopic (exact) mass is 240 g/mol. The Morgan fingerprint density at radius 3 is 2.29 bits per heavy atom. The molecule has 1 atom stereocenters. The molecule has 94 valence electrons. The van der Waals surface area contributed by atoms with Crippen LogP contribution in [-0.4, -0.2) is 30.4 Å². The number of ether oxygens (including phenoxy) is 2. The highest BCUT2D eigenvalue weighted by Gasteiger charge is 2.25. The van der Waals surface area contributed by atoms with E-state index in [1.807, 2.05) is 0 Å². The summed E-state index contributed by atoms with van der Waals surface area (Å²) in [7, 11) is 2.95. The smallest absolute Gasteiger partial charge is 0.337 e. The second-order valence-electron chi connectivity index (χ2n) is 3.71. The van der Waals surface area contributed by atoms with Gasteiger partial charge < -0.3 is 19.7 Å². The second-order valence-corrected chi connectivity index (χ2v) is 3.71. The second kappa shape index (κ2) is 5.05. The predicted octanol–water partition coefficient (Wildman–Crippen LogP) is 1.44. The molecule has 2 N–H and O–H groups in total. The Balaban J connectivity index is 3.49. The molecule has 0 aliphatic carbocycles. The third-order valence-corrected chi connectivity index (χ3v) is 2.66. The quantitative estimate of drug-likeness (QED) is 0.832. The Kier molecular flexibility index (Phi) is 3.96. The SMILES string of the molecule is COc1cc(C)c(C(O)C(=O)O)c(OC)c1C. The molecule has 0 bridgehead atoms. The van der Waals surface area contributed by atoms with Gasteiger partial charge in [-0.05, 0) is 25.5 Å². The molecule has 5 nitrogen and oxygen atoms in total. The molecule has 0 spiro atoms. The standard InChI is InChI=1S/C12H16O5/c1-6-5-8(16-3)7(2)11(17-4)9(6)10(13)12(14)15/h5,10,13H,1-4H3,(H,14,15). The van der Waals surface area contributed by atoms with E-state index in [0.717, 1.165) is 0 Å². The lowest BCUT2D eigenvalue weighted by Gasteiger charge is -2.18. The van der Waals surface area contributed by atoms with Gasteiger partial charge >= 0.3 is 5.97 Å². The molecule has 1 aromatic rings. The zero-order valence-electron chi connectivity index (χ0n) is 10.3. The van der Waals surface area contributed by atoms with Gasteiger partial charge in [-0.25, -0.2) is 4.79 Å². The van der Waals surface area contributed by atoms with Crippen LogP contribution < -0.4 is 9.47 Å². The molecular formula is C12H16O5. The van der Waals surface area contributed by atoms with Crippen molar-refractivity contribution in [2.75, 3.05) is 14.2 Å². The van der Waals surface area contributed by atoms with Crippen molar-refractivity contribution in [3.8, 4) is 11.5 Å². The van der Waals surface area contributed by atoms with Gasteiger partial charge in [0.25, 0.3) is 0 Å². The predicted molar refractivity (Wildman–Crippen MR) is 61.6 cm³/mol. The Morgan fingerprint density at radius 1 is 1.29 bits per heavy atom. The normalized spacial score (nSPS) is 12.1. The number of aryl methyl sites for hydroxylation is 1. The lowest BCUT2D eigenvalue weighted by Crippen LogP contribution is -2.14. The first-order valence-corrected chi connectivity index (χ1v) is 5.07. The molecule has 0 aliphatic rings. The van der Waals surface area contributed by atoms with Crippen LogP contribution in [0.25, 0.3) is 0 Å². The average molecular weight is 240 g/mol. The van der Waals surface area contributed by atoms with E-state index in [0.29, 0.717) is 22.6 Å². The van der Waals surface area contributed by atoms with Crippen LogP contribution in [0.15, 0.2) is 6.07 Å². The van der Waals surface area contributed by atoms with Gasteiger partial charge in [0.15, 0.2) is 6.10 Å². The number of aliphatic carboxylic acids is 1. The summed E-state index contributed by atoms with van der Waals surface area (Å²) >= 11 is 0. The molecule has 0 heterocycles. The highest BCUT2D eigenvalue weighted by atomic mass is 16.5. The summed E-state index contributed by atoms with van der Waals surface area (Å²) < 4.78 is 10.3. The van der Waals surface area contributed by atoms with Gasteiger partial charge in [-0.15, -0.1) is 0 Å². The minimum Gasteiger partial charge on any atom is -0.496 e. The molecule has 0 saturated heterocycles. The van der Waals surface area contributed by atoms with Crippen molar-refractivity contribution in [2.24, 2.45) is 0 Å². The maximum absolute atomic E-state index is 10.8. The first-order chi connectivity index (χ1) is 7.93. The number of carbonyl (C=O) groups is 1. The lowest BCUT2D eigenvalue weighted by atomic mass is 9.98. The summed E-state index contributed by atoms with van der Waals surface area (Å²) in [5.41, 5.74) is 1.54. The number of benzene rings is 1. The number of hydrogen-bond donors (Lipinski definition) is 2. The average Bonchev–Trinajstić information content (AvgIpc) is 2.29. The zero-order chi connectivity index (χ0) is 13.2. The van der Waals surface area contributed by atoms with E-state index >= 15 is 0 Å². The molecule has 0 aromatic heterocycles. The van der Waals surface area contributed by atoms with Crippen LogP contribution in [0, 0.1) is 13.8 Å². The molecular weight excluding hydrogens is 224 g/mol. The number of aliphatic hydroxyl groups is 1. The number of methoxy groups -OCH3 is 2. The number of carboxylic acid groups (broad SMARTS) is 1. The van der Waals surface area contributed by atoms with Crippen molar-refractivity contribution < 1.29 is 24.5 Å². The van der Waals surface area contributed by atoms with Gasteiger partial charge in [0.05, 0.1) is 14.2 Å². The van der Waals surface area contributed by atoms with Crippen LogP contribution in [0.4, 0.5) is 0 Å². The Labute approximate surface area is 99.6 Å². The fourth-order valence-corrected chi connectivity index (χ4v) is 1.81. The van der Waals surface area contributed by atoms with Crippen molar-refractivity contribution in [1.82, 2.24) is 0 Å². The van der Waals surface area contributed by atoms with Gasteiger partial charge in [-0.3, -0.25) is 0 Å². The van der Waals surface area contributed by atoms with E-state index in [1.165, 1.54) is 14.2 Å². The molecule has 1 aromatic carbocycles. The fourth-order valence-electron chi connectivity index (χ4n) is 1.81. The highest BCUT2D eigenvalue weighted by Crippen LogP contribution is 2.37. The van der Waals surface area contributed by atoms with E-state index < -0.39 is 12.1 Å². The van der Waals surface area contributed by atoms with Crippen LogP contribution in [0.5, 0.6) is 11.5 Å². The van der Waals surface area contributed by atoms with E-state index in [9.17, 15) is 9.90 Å². The number of rotatable bonds is 4. The molecule has 1 unspecified atom stereocenters. The summed E-state index contributed by atoms with van der Waals surface area (Å²) in [6.45, 7) is 3.45. The molecule has 1 rings (SSSR count). The van der Waals surface area contributed by atoms with Crippen LogP contribution in [0.1, 0.15) is 22.8 Å². The molecule has 0 radical (unpaired) electrons. The van der Waals surface area contributed by atoms with Crippen LogP contribution in [0.3, 0.4) is 0 Å². The topological polar surface area (TPSA) is 76.0 Å². The molecule has 0 aliphatic heterocycles. The largest absolute Gasteiger partial charge is 0.496 e. The Morgan fingerprint density at radius 2 is 1.88 bits per heavy atom. The summed E-state index contributed by atoms with van der Waals surface area (Å²) in [4.78, 5) is 10.8. The summed E-state index contributed by atoms with van der Waals surface area (Å²) in [6, 6.07) is 1.68. The van der Waals surface area contributed by atoms with Crippen molar-refractivity contribution in [1.29, 1.82) is 0 Å². The maximum atomic E-state index is 10.8. The minimum atomic E-state index is -1.60. The van der Waals surface area contributed by atoms with Crippen LogP contribution in [0.2, 0.25) is 0 Å². The van der Waals surface area contributed by atoms with Crippen molar-refractivity contribution in [2.45, 2.75) is 20.0 Å². The highest BCUT2D eigenvalue weighted by molar-refractivity contribution is 5.76. The van der Waals surface area contributed by atoms with Gasteiger partial charge in [0.1, 0.15) is 11.5 Å². The first-order valence-electron chi connectivity index (χ1n) is 5.07. The molecule has 17 heavy (non-hydrogen) atoms. The molecule has 0 fully saturated rings. The van der Waals surface area contributed by atoms with Gasteiger partial charge in [0, 0.05) is 11.1 Å². The number of aliphatic hydroxyl groups excluding tert-OH is 1. The van der Waals surface area contributed by atoms with Crippen molar-refractivity contribution >= 4 is 5.97 Å². The van der Waals surface area contributed by atoms with Crippen molar-refractivity contribution in [3.63, 3.8) is 0 Å². The third kappa shape index (κ3) is 2.34. The van der Waals surface area contributed by atoms with Crippen molar-refractivity contribution in [3.05, 3.63) is 22.8 Å². The Bertz CT molecular complexity index is 439. The van der Waals surface area contributed by atoms with Gasteiger partial charge in [-0.1, -0.05) is 0 Å². The third-order valence-electron chi connectivity index (χ3n) is 2.66. The van der Waals surface area contributed by atoms with E-state index in [2.05, 4.69) is 0 Å². The zero-order valence-corrected chi connectivity index (χ0v) is 10.3. The number of carboxylic acids is 1. The Hall–Kier alpha value is -1.75. The first kappa shape index (κ1) is 13.3. The van der Waals surface area contributed by atoms with Crippen LogP contribution >= 0.6 is 0 Å². The maximum Gasteiger partial charge on any atom is 0.337 e. The molecule has 0 amide bonds. The van der Waals surface area contributed by atoms with Gasteiger partial charge in [0.2, 0.25) is 0 Å². The fraction of sp³-hybridized carbons (Fsp3) is 0.417.